The number of rotatable bonds is 6. The highest BCUT2D eigenvalue weighted by atomic mass is 16.5. The fraction of sp³-hybridized carbons (Fsp3) is 0.435. The number of aromatic nitrogens is 1. The number of likely N-dealkylation sites (tertiary alicyclic amines) is 1. The maximum Gasteiger partial charge on any atom is 0.340 e. The first-order valence-corrected chi connectivity index (χ1v) is 10.3. The van der Waals surface area contributed by atoms with E-state index >= 15 is 0 Å². The highest BCUT2D eigenvalue weighted by Gasteiger charge is 2.24. The van der Waals surface area contributed by atoms with E-state index in [0.717, 1.165) is 31.5 Å². The summed E-state index contributed by atoms with van der Waals surface area (Å²) < 4.78 is 5.27. The van der Waals surface area contributed by atoms with Gasteiger partial charge in [0.15, 0.2) is 0 Å². The standard InChI is InChI=1S/C23H29N3O4/c1-14(2)30-23(29)19-15(3)20(25-16(19)4)21(27)24-13-17-8-7-9-18(12-17)22(28)26-10-5-6-11-26/h7-9,12,14,25H,5-6,10-11,13H2,1-4H3,(H,24,27). The molecule has 0 radical (unpaired) electrons. The maximum atomic E-state index is 12.7. The summed E-state index contributed by atoms with van der Waals surface area (Å²) in [6.07, 6.45) is 1.85. The van der Waals surface area contributed by atoms with E-state index in [1.165, 1.54) is 0 Å². The second-order valence-electron chi connectivity index (χ2n) is 7.96. The molecule has 1 aliphatic rings. The van der Waals surface area contributed by atoms with Gasteiger partial charge >= 0.3 is 5.97 Å². The van der Waals surface area contributed by atoms with Crippen LogP contribution in [0.1, 0.15) is 74.7 Å². The van der Waals surface area contributed by atoms with Gasteiger partial charge in [0.05, 0.1) is 11.7 Å². The first-order chi connectivity index (χ1) is 14.3. The quantitative estimate of drug-likeness (QED) is 0.713. The zero-order valence-electron chi connectivity index (χ0n) is 18.0. The van der Waals surface area contributed by atoms with Crippen molar-refractivity contribution in [3.63, 3.8) is 0 Å². The van der Waals surface area contributed by atoms with Crippen LogP contribution in [0.25, 0.3) is 0 Å². The number of esters is 1. The zero-order valence-corrected chi connectivity index (χ0v) is 18.0. The Kier molecular flexibility index (Phi) is 6.59. The molecule has 0 spiro atoms. The van der Waals surface area contributed by atoms with Crippen molar-refractivity contribution < 1.29 is 19.1 Å². The minimum atomic E-state index is -0.441. The molecule has 7 heteroatoms. The van der Waals surface area contributed by atoms with E-state index in [9.17, 15) is 14.4 Å². The Hall–Kier alpha value is -3.09. The zero-order chi connectivity index (χ0) is 21.8. The van der Waals surface area contributed by atoms with Gasteiger partial charge in [-0.3, -0.25) is 9.59 Å². The fourth-order valence-corrected chi connectivity index (χ4v) is 3.74. The average Bonchev–Trinajstić information content (AvgIpc) is 3.33. The molecular formula is C23H29N3O4. The van der Waals surface area contributed by atoms with Crippen molar-refractivity contribution in [3.05, 3.63) is 57.9 Å². The largest absolute Gasteiger partial charge is 0.459 e. The summed E-state index contributed by atoms with van der Waals surface area (Å²) in [7, 11) is 0. The number of nitrogens with zero attached hydrogens (tertiary/aromatic N) is 1. The minimum absolute atomic E-state index is 0.0322. The van der Waals surface area contributed by atoms with Crippen LogP contribution >= 0.6 is 0 Å². The van der Waals surface area contributed by atoms with E-state index in [1.807, 2.05) is 23.1 Å². The number of hydrogen-bond acceptors (Lipinski definition) is 4. The van der Waals surface area contributed by atoms with Gasteiger partial charge in [-0.25, -0.2) is 4.79 Å². The fourth-order valence-electron chi connectivity index (χ4n) is 3.74. The van der Waals surface area contributed by atoms with Crippen LogP contribution in [-0.2, 0) is 11.3 Å². The smallest absolute Gasteiger partial charge is 0.340 e. The van der Waals surface area contributed by atoms with Crippen LogP contribution in [0.4, 0.5) is 0 Å². The van der Waals surface area contributed by atoms with Gasteiger partial charge in [0.1, 0.15) is 5.69 Å². The van der Waals surface area contributed by atoms with Crippen molar-refractivity contribution in [1.82, 2.24) is 15.2 Å². The number of aromatic amines is 1. The van der Waals surface area contributed by atoms with Crippen molar-refractivity contribution >= 4 is 17.8 Å². The Morgan fingerprint density at radius 2 is 1.87 bits per heavy atom. The van der Waals surface area contributed by atoms with Crippen LogP contribution in [0.3, 0.4) is 0 Å². The summed E-state index contributed by atoms with van der Waals surface area (Å²) in [6.45, 7) is 8.92. The molecule has 3 rings (SSSR count). The molecule has 1 fully saturated rings. The number of nitrogens with one attached hydrogen (secondary N) is 2. The summed E-state index contributed by atoms with van der Waals surface area (Å²) >= 11 is 0. The lowest BCUT2D eigenvalue weighted by Gasteiger charge is -2.15. The number of carbonyl (C=O) groups excluding carboxylic acids is 3. The van der Waals surface area contributed by atoms with Crippen LogP contribution in [0.5, 0.6) is 0 Å². The van der Waals surface area contributed by atoms with Gasteiger partial charge in [-0.05, 0) is 63.8 Å². The number of benzene rings is 1. The highest BCUT2D eigenvalue weighted by Crippen LogP contribution is 2.20. The van der Waals surface area contributed by atoms with E-state index in [2.05, 4.69) is 10.3 Å². The van der Waals surface area contributed by atoms with Crippen molar-refractivity contribution in [2.24, 2.45) is 0 Å². The Bertz CT molecular complexity index is 955. The van der Waals surface area contributed by atoms with Crippen LogP contribution in [0.2, 0.25) is 0 Å². The van der Waals surface area contributed by atoms with E-state index in [-0.39, 0.29) is 24.5 Å². The summed E-state index contributed by atoms with van der Waals surface area (Å²) in [5.41, 5.74) is 3.37. The number of H-pyrrole nitrogens is 1. The molecule has 0 bridgehead atoms. The Morgan fingerprint density at radius 1 is 1.17 bits per heavy atom. The third-order valence-electron chi connectivity index (χ3n) is 5.23. The van der Waals surface area contributed by atoms with Crippen LogP contribution in [0, 0.1) is 13.8 Å². The molecule has 7 nitrogen and oxygen atoms in total. The van der Waals surface area contributed by atoms with E-state index in [4.69, 9.17) is 4.74 Å². The third kappa shape index (κ3) is 4.72. The molecule has 1 aromatic carbocycles. The first kappa shape index (κ1) is 21.6. The van der Waals surface area contributed by atoms with Gasteiger partial charge in [-0.2, -0.15) is 0 Å². The van der Waals surface area contributed by atoms with Crippen molar-refractivity contribution in [3.8, 4) is 0 Å². The molecule has 2 amide bonds. The number of carbonyl (C=O) groups is 3. The van der Waals surface area contributed by atoms with Gasteiger partial charge in [0, 0.05) is 30.9 Å². The van der Waals surface area contributed by atoms with Crippen LogP contribution < -0.4 is 5.32 Å². The SMILES string of the molecule is Cc1[nH]c(C(=O)NCc2cccc(C(=O)N3CCCC3)c2)c(C)c1C(=O)OC(C)C. The molecule has 0 atom stereocenters. The summed E-state index contributed by atoms with van der Waals surface area (Å²) in [4.78, 5) is 42.5. The molecule has 0 saturated carbocycles. The second kappa shape index (κ2) is 9.15. The molecule has 1 saturated heterocycles. The lowest BCUT2D eigenvalue weighted by atomic mass is 10.1. The molecule has 0 aliphatic carbocycles. The molecular weight excluding hydrogens is 382 g/mol. The highest BCUT2D eigenvalue weighted by molar-refractivity contribution is 6.00. The molecule has 2 heterocycles. The number of amides is 2. The van der Waals surface area contributed by atoms with Crippen LogP contribution in [-0.4, -0.2) is 46.9 Å². The van der Waals surface area contributed by atoms with Gasteiger partial charge in [-0.15, -0.1) is 0 Å². The Labute approximate surface area is 176 Å². The average molecular weight is 412 g/mol. The number of hydrogen-bond donors (Lipinski definition) is 2. The number of ether oxygens (including phenoxy) is 1. The summed E-state index contributed by atoms with van der Waals surface area (Å²) in [5.74, 6) is -0.719. The molecule has 160 valence electrons. The molecule has 30 heavy (non-hydrogen) atoms. The van der Waals surface area contributed by atoms with Gasteiger partial charge < -0.3 is 19.9 Å². The Balaban J connectivity index is 1.68. The molecule has 1 aromatic heterocycles. The van der Waals surface area contributed by atoms with Gasteiger partial charge in [0.25, 0.3) is 11.8 Å². The summed E-state index contributed by atoms with van der Waals surface area (Å²) in [6, 6.07) is 7.32. The normalized spacial score (nSPS) is 13.6. The van der Waals surface area contributed by atoms with E-state index in [1.54, 1.807) is 33.8 Å². The van der Waals surface area contributed by atoms with E-state index < -0.39 is 5.97 Å². The van der Waals surface area contributed by atoms with Crippen molar-refractivity contribution in [2.75, 3.05) is 13.1 Å². The van der Waals surface area contributed by atoms with E-state index in [0.29, 0.717) is 28.1 Å². The van der Waals surface area contributed by atoms with Gasteiger partial charge in [-0.1, -0.05) is 12.1 Å². The molecule has 2 N–H and O–H groups in total. The predicted octanol–water partition coefficient (Wildman–Crippen LogP) is 3.36. The molecule has 2 aromatic rings. The lowest BCUT2D eigenvalue weighted by molar-refractivity contribution is 0.0376. The lowest BCUT2D eigenvalue weighted by Crippen LogP contribution is -2.28. The predicted molar refractivity (Wildman–Crippen MR) is 114 cm³/mol. The molecule has 1 aliphatic heterocycles. The van der Waals surface area contributed by atoms with Crippen LogP contribution in [0.15, 0.2) is 24.3 Å². The van der Waals surface area contributed by atoms with Gasteiger partial charge in [0.2, 0.25) is 0 Å². The topological polar surface area (TPSA) is 91.5 Å². The van der Waals surface area contributed by atoms with Crippen molar-refractivity contribution in [1.29, 1.82) is 0 Å². The Morgan fingerprint density at radius 3 is 2.53 bits per heavy atom. The monoisotopic (exact) mass is 411 g/mol. The third-order valence-corrected chi connectivity index (χ3v) is 5.23. The second-order valence-corrected chi connectivity index (χ2v) is 7.96. The molecule has 0 unspecified atom stereocenters. The minimum Gasteiger partial charge on any atom is -0.459 e. The maximum absolute atomic E-state index is 12.7. The summed E-state index contributed by atoms with van der Waals surface area (Å²) in [5, 5.41) is 2.86. The first-order valence-electron chi connectivity index (χ1n) is 10.3. The number of aryl methyl sites for hydroxylation is 1. The van der Waals surface area contributed by atoms with Crippen molar-refractivity contribution in [2.45, 2.75) is 53.2 Å².